The van der Waals surface area contributed by atoms with Crippen molar-refractivity contribution in [2.24, 2.45) is 0 Å². The molecule has 0 aromatic heterocycles. The van der Waals surface area contributed by atoms with Crippen LogP contribution in [0.25, 0.3) is 0 Å². The highest BCUT2D eigenvalue weighted by Crippen LogP contribution is 2.22. The number of ether oxygens (including phenoxy) is 1. The summed E-state index contributed by atoms with van der Waals surface area (Å²) in [4.78, 5) is 22.9. The fourth-order valence-electron chi connectivity index (χ4n) is 1.98. The number of hydrogen-bond donors (Lipinski definition) is 2. The van der Waals surface area contributed by atoms with Crippen LogP contribution >= 0.6 is 0 Å². The smallest absolute Gasteiger partial charge is 0.337 e. The summed E-state index contributed by atoms with van der Waals surface area (Å²) in [5, 5.41) is 9.26. The molecule has 0 spiro atoms. The number of aryl methyl sites for hydroxylation is 1. The molecule has 0 atom stereocenters. The molecule has 0 radical (unpaired) electrons. The van der Waals surface area contributed by atoms with Crippen LogP contribution in [0.15, 0.2) is 47.4 Å². The van der Waals surface area contributed by atoms with Crippen molar-refractivity contribution in [3.05, 3.63) is 59.2 Å². The molecule has 0 heterocycles. The summed E-state index contributed by atoms with van der Waals surface area (Å²) < 4.78 is 31.5. The number of esters is 1. The number of carbonyl (C=O) groups is 2. The molecule has 0 amide bonds. The second kappa shape index (κ2) is 6.71. The molecule has 0 aliphatic carbocycles. The third-order valence-electron chi connectivity index (χ3n) is 3.25. The number of anilines is 1. The van der Waals surface area contributed by atoms with Gasteiger partial charge in [0.05, 0.1) is 28.8 Å². The van der Waals surface area contributed by atoms with Crippen LogP contribution < -0.4 is 4.72 Å². The predicted molar refractivity (Wildman–Crippen MR) is 86.7 cm³/mol. The van der Waals surface area contributed by atoms with Gasteiger partial charge in [0.1, 0.15) is 0 Å². The quantitative estimate of drug-likeness (QED) is 0.802. The van der Waals surface area contributed by atoms with Gasteiger partial charge < -0.3 is 9.84 Å². The number of benzene rings is 2. The molecule has 0 unspecified atom stereocenters. The van der Waals surface area contributed by atoms with E-state index in [1.54, 1.807) is 12.1 Å². The summed E-state index contributed by atoms with van der Waals surface area (Å²) in [6, 6.07) is 9.65. The minimum Gasteiger partial charge on any atom is -0.478 e. The van der Waals surface area contributed by atoms with Crippen molar-refractivity contribution in [1.29, 1.82) is 0 Å². The van der Waals surface area contributed by atoms with Gasteiger partial charge in [-0.1, -0.05) is 17.7 Å². The van der Waals surface area contributed by atoms with Crippen molar-refractivity contribution in [3.63, 3.8) is 0 Å². The summed E-state index contributed by atoms with van der Waals surface area (Å²) in [7, 11) is -2.79. The Balaban J connectivity index is 2.43. The molecule has 0 fully saturated rings. The first-order valence-electron chi connectivity index (χ1n) is 6.80. The Morgan fingerprint density at radius 1 is 1.08 bits per heavy atom. The Morgan fingerprint density at radius 2 is 1.71 bits per heavy atom. The highest BCUT2D eigenvalue weighted by molar-refractivity contribution is 7.92. The Morgan fingerprint density at radius 3 is 2.25 bits per heavy atom. The lowest BCUT2D eigenvalue weighted by Gasteiger charge is -2.12. The third kappa shape index (κ3) is 3.72. The lowest BCUT2D eigenvalue weighted by Crippen LogP contribution is -2.16. The standard InChI is InChI=1S/C16H15NO6S/c1-10-3-6-12(7-4-10)24(21,22)17-14-8-5-11(16(20)23-2)9-13(14)15(18)19/h3-9,17H,1-2H3,(H,18,19). The normalized spacial score (nSPS) is 10.9. The zero-order chi connectivity index (χ0) is 17.9. The zero-order valence-electron chi connectivity index (χ0n) is 12.9. The van der Waals surface area contributed by atoms with Crippen LogP contribution in [-0.4, -0.2) is 32.6 Å². The van der Waals surface area contributed by atoms with Crippen LogP contribution in [-0.2, 0) is 14.8 Å². The molecule has 2 N–H and O–H groups in total. The van der Waals surface area contributed by atoms with Crippen molar-refractivity contribution >= 4 is 27.6 Å². The molecule has 2 rings (SSSR count). The molecular formula is C16H15NO6S. The van der Waals surface area contributed by atoms with Gasteiger partial charge in [-0.3, -0.25) is 4.72 Å². The minimum absolute atomic E-state index is 0.00137. The molecular weight excluding hydrogens is 334 g/mol. The van der Waals surface area contributed by atoms with E-state index >= 15 is 0 Å². The van der Waals surface area contributed by atoms with E-state index in [1.165, 1.54) is 24.3 Å². The predicted octanol–water partition coefficient (Wildman–Crippen LogP) is 2.28. The lowest BCUT2D eigenvalue weighted by atomic mass is 10.1. The molecule has 0 bridgehead atoms. The summed E-state index contributed by atoms with van der Waals surface area (Å²) in [6.07, 6.45) is 0. The van der Waals surface area contributed by atoms with Crippen molar-refractivity contribution < 1.29 is 27.9 Å². The molecule has 2 aromatic carbocycles. The minimum atomic E-state index is -3.95. The second-order valence-corrected chi connectivity index (χ2v) is 6.66. The second-order valence-electron chi connectivity index (χ2n) is 4.98. The Labute approximate surface area is 138 Å². The molecule has 2 aromatic rings. The lowest BCUT2D eigenvalue weighted by molar-refractivity contribution is 0.0600. The zero-order valence-corrected chi connectivity index (χ0v) is 13.8. The summed E-state index contributed by atoms with van der Waals surface area (Å²) in [5.41, 5.74) is 0.403. The first-order chi connectivity index (χ1) is 11.2. The van der Waals surface area contributed by atoms with Crippen LogP contribution in [0.4, 0.5) is 5.69 Å². The molecule has 7 nitrogen and oxygen atoms in total. The van der Waals surface area contributed by atoms with Crippen LogP contribution in [0.1, 0.15) is 26.3 Å². The summed E-state index contributed by atoms with van der Waals surface area (Å²) >= 11 is 0. The average molecular weight is 349 g/mol. The first kappa shape index (κ1) is 17.5. The number of hydrogen-bond acceptors (Lipinski definition) is 5. The van der Waals surface area contributed by atoms with Gasteiger partial charge in [-0.05, 0) is 37.3 Å². The molecule has 24 heavy (non-hydrogen) atoms. The summed E-state index contributed by atoms with van der Waals surface area (Å²) in [5.74, 6) is -2.09. The van der Waals surface area contributed by atoms with Crippen LogP contribution in [0.2, 0.25) is 0 Å². The third-order valence-corrected chi connectivity index (χ3v) is 4.63. The van der Waals surface area contributed by atoms with E-state index in [0.717, 1.165) is 18.7 Å². The molecule has 0 saturated heterocycles. The van der Waals surface area contributed by atoms with E-state index in [0.29, 0.717) is 0 Å². The molecule has 0 saturated carbocycles. The highest BCUT2D eigenvalue weighted by Gasteiger charge is 2.20. The average Bonchev–Trinajstić information content (AvgIpc) is 2.54. The van der Waals surface area contributed by atoms with Gasteiger partial charge in [-0.25, -0.2) is 18.0 Å². The van der Waals surface area contributed by atoms with E-state index in [9.17, 15) is 23.1 Å². The largest absolute Gasteiger partial charge is 0.478 e. The van der Waals surface area contributed by atoms with Crippen LogP contribution in [0.3, 0.4) is 0 Å². The maximum atomic E-state index is 12.4. The Bertz CT molecular complexity index is 887. The van der Waals surface area contributed by atoms with Gasteiger partial charge in [0.15, 0.2) is 0 Å². The fraction of sp³-hybridized carbons (Fsp3) is 0.125. The van der Waals surface area contributed by atoms with Gasteiger partial charge in [0.2, 0.25) is 0 Å². The van der Waals surface area contributed by atoms with Crippen molar-refractivity contribution in [1.82, 2.24) is 0 Å². The van der Waals surface area contributed by atoms with Crippen LogP contribution in [0.5, 0.6) is 0 Å². The van der Waals surface area contributed by atoms with Crippen molar-refractivity contribution in [3.8, 4) is 0 Å². The Kier molecular flexibility index (Phi) is 4.89. The van der Waals surface area contributed by atoms with Gasteiger partial charge >= 0.3 is 11.9 Å². The molecule has 0 aliphatic heterocycles. The van der Waals surface area contributed by atoms with E-state index in [2.05, 4.69) is 9.46 Å². The topological polar surface area (TPSA) is 110 Å². The number of carboxylic acid groups (broad SMARTS) is 1. The maximum Gasteiger partial charge on any atom is 0.337 e. The summed E-state index contributed by atoms with van der Waals surface area (Å²) in [6.45, 7) is 1.82. The van der Waals surface area contributed by atoms with E-state index in [4.69, 9.17) is 0 Å². The van der Waals surface area contributed by atoms with E-state index in [-0.39, 0.29) is 21.7 Å². The van der Waals surface area contributed by atoms with Gasteiger partial charge in [-0.15, -0.1) is 0 Å². The maximum absolute atomic E-state index is 12.4. The van der Waals surface area contributed by atoms with Gasteiger partial charge in [-0.2, -0.15) is 0 Å². The number of carbonyl (C=O) groups excluding carboxylic acids is 1. The van der Waals surface area contributed by atoms with E-state index in [1.807, 2.05) is 6.92 Å². The van der Waals surface area contributed by atoms with E-state index < -0.39 is 22.0 Å². The first-order valence-corrected chi connectivity index (χ1v) is 8.28. The number of sulfonamides is 1. The number of aromatic carboxylic acids is 1. The number of methoxy groups -OCH3 is 1. The SMILES string of the molecule is COC(=O)c1ccc(NS(=O)(=O)c2ccc(C)cc2)c(C(=O)O)c1. The molecule has 8 heteroatoms. The molecule has 126 valence electrons. The highest BCUT2D eigenvalue weighted by atomic mass is 32.2. The van der Waals surface area contributed by atoms with Crippen molar-refractivity contribution in [2.75, 3.05) is 11.8 Å². The molecule has 0 aliphatic rings. The van der Waals surface area contributed by atoms with Crippen LogP contribution in [0, 0.1) is 6.92 Å². The van der Waals surface area contributed by atoms with Gasteiger partial charge in [0, 0.05) is 0 Å². The number of carboxylic acids is 1. The number of rotatable bonds is 5. The Hall–Kier alpha value is -2.87. The monoisotopic (exact) mass is 349 g/mol. The number of nitrogens with one attached hydrogen (secondary N) is 1. The fourth-order valence-corrected chi connectivity index (χ4v) is 3.06. The van der Waals surface area contributed by atoms with Crippen molar-refractivity contribution in [2.45, 2.75) is 11.8 Å². The van der Waals surface area contributed by atoms with Gasteiger partial charge in [0.25, 0.3) is 10.0 Å².